The number of aliphatic hydroxyl groups excluding tert-OH is 1. The molecule has 1 aromatic carbocycles. The van der Waals surface area contributed by atoms with Gasteiger partial charge in [-0.3, -0.25) is 5.10 Å². The molecule has 0 aliphatic carbocycles. The lowest BCUT2D eigenvalue weighted by Gasteiger charge is -2.01. The quantitative estimate of drug-likeness (QED) is 0.698. The van der Waals surface area contributed by atoms with Gasteiger partial charge in [-0.25, -0.2) is 0 Å². The van der Waals surface area contributed by atoms with Crippen LogP contribution in [0.2, 0.25) is 0 Å². The molecule has 2 rings (SSSR count). The first kappa shape index (κ1) is 9.89. The lowest BCUT2D eigenvalue weighted by atomic mass is 10.1. The van der Waals surface area contributed by atoms with Gasteiger partial charge >= 0.3 is 0 Å². The third kappa shape index (κ3) is 2.06. The van der Waals surface area contributed by atoms with Gasteiger partial charge in [0.25, 0.3) is 0 Å². The zero-order valence-corrected chi connectivity index (χ0v) is 8.22. The van der Waals surface area contributed by atoms with E-state index in [9.17, 15) is 5.11 Å². The van der Waals surface area contributed by atoms with Crippen molar-refractivity contribution in [2.45, 2.75) is 6.10 Å². The Labute approximate surface area is 87.7 Å². The first-order valence-electron chi connectivity index (χ1n) is 4.80. The Morgan fingerprint density at radius 2 is 2.07 bits per heavy atom. The fourth-order valence-electron chi connectivity index (χ4n) is 1.39. The van der Waals surface area contributed by atoms with Gasteiger partial charge < -0.3 is 10.8 Å². The second-order valence-corrected chi connectivity index (χ2v) is 3.33. The maximum absolute atomic E-state index is 9.49. The molecule has 1 heterocycles. The summed E-state index contributed by atoms with van der Waals surface area (Å²) in [6, 6.07) is 11.6. The van der Waals surface area contributed by atoms with E-state index in [0.29, 0.717) is 5.69 Å². The third-order valence-electron chi connectivity index (χ3n) is 2.25. The summed E-state index contributed by atoms with van der Waals surface area (Å²) in [6.45, 7) is 0.191. The molecule has 4 heteroatoms. The number of nitrogens with two attached hydrogens (primary N) is 1. The molecule has 0 unspecified atom stereocenters. The van der Waals surface area contributed by atoms with Crippen LogP contribution in [0.1, 0.15) is 11.8 Å². The van der Waals surface area contributed by atoms with Crippen LogP contribution >= 0.6 is 0 Å². The molecule has 4 N–H and O–H groups in total. The summed E-state index contributed by atoms with van der Waals surface area (Å²) < 4.78 is 0. The fraction of sp³-hybridized carbons (Fsp3) is 0.182. The van der Waals surface area contributed by atoms with Gasteiger partial charge in [0.2, 0.25) is 0 Å². The largest absolute Gasteiger partial charge is 0.385 e. The molecule has 0 bridgehead atoms. The van der Waals surface area contributed by atoms with Crippen LogP contribution in [-0.4, -0.2) is 21.8 Å². The Balaban J connectivity index is 2.28. The Kier molecular flexibility index (Phi) is 2.80. The minimum absolute atomic E-state index is 0.191. The molecule has 1 atom stereocenters. The number of aromatic amines is 1. The average molecular weight is 203 g/mol. The van der Waals surface area contributed by atoms with Gasteiger partial charge in [-0.15, -0.1) is 0 Å². The Morgan fingerprint density at radius 1 is 1.33 bits per heavy atom. The third-order valence-corrected chi connectivity index (χ3v) is 2.25. The van der Waals surface area contributed by atoms with Crippen LogP contribution in [0.15, 0.2) is 36.4 Å². The number of aromatic nitrogens is 2. The van der Waals surface area contributed by atoms with E-state index in [1.165, 1.54) is 0 Å². The molecule has 0 radical (unpaired) electrons. The van der Waals surface area contributed by atoms with Crippen LogP contribution < -0.4 is 5.73 Å². The molecule has 0 spiro atoms. The lowest BCUT2D eigenvalue weighted by Crippen LogP contribution is -2.11. The van der Waals surface area contributed by atoms with Crippen molar-refractivity contribution < 1.29 is 5.11 Å². The van der Waals surface area contributed by atoms with E-state index >= 15 is 0 Å². The number of benzene rings is 1. The number of hydrogen-bond donors (Lipinski definition) is 3. The summed E-state index contributed by atoms with van der Waals surface area (Å²) >= 11 is 0. The van der Waals surface area contributed by atoms with Gasteiger partial charge in [0.15, 0.2) is 0 Å². The smallest absolute Gasteiger partial charge is 0.108 e. The number of nitrogens with one attached hydrogen (secondary N) is 1. The van der Waals surface area contributed by atoms with Crippen molar-refractivity contribution in [3.63, 3.8) is 0 Å². The topological polar surface area (TPSA) is 74.9 Å². The van der Waals surface area contributed by atoms with E-state index in [1.807, 2.05) is 36.4 Å². The number of H-pyrrole nitrogens is 1. The van der Waals surface area contributed by atoms with Crippen LogP contribution in [-0.2, 0) is 0 Å². The second-order valence-electron chi connectivity index (χ2n) is 3.33. The normalized spacial score (nSPS) is 12.7. The number of rotatable bonds is 3. The van der Waals surface area contributed by atoms with E-state index < -0.39 is 6.10 Å². The van der Waals surface area contributed by atoms with Gasteiger partial charge in [-0.05, 0) is 6.07 Å². The summed E-state index contributed by atoms with van der Waals surface area (Å²) in [7, 11) is 0. The van der Waals surface area contributed by atoms with Gasteiger partial charge in [0.05, 0.1) is 11.4 Å². The summed E-state index contributed by atoms with van der Waals surface area (Å²) in [5.41, 5.74) is 7.84. The highest BCUT2D eigenvalue weighted by atomic mass is 16.3. The maximum atomic E-state index is 9.49. The second kappa shape index (κ2) is 4.25. The lowest BCUT2D eigenvalue weighted by molar-refractivity contribution is 0.182. The highest BCUT2D eigenvalue weighted by molar-refractivity contribution is 5.58. The van der Waals surface area contributed by atoms with E-state index in [4.69, 9.17) is 5.73 Å². The van der Waals surface area contributed by atoms with E-state index in [1.54, 1.807) is 0 Å². The minimum Gasteiger partial charge on any atom is -0.385 e. The predicted molar refractivity (Wildman–Crippen MR) is 58.0 cm³/mol. The molecule has 78 valence electrons. The molecule has 15 heavy (non-hydrogen) atoms. The van der Waals surface area contributed by atoms with Gasteiger partial charge in [-0.1, -0.05) is 30.3 Å². The Bertz CT molecular complexity index is 424. The summed E-state index contributed by atoms with van der Waals surface area (Å²) in [5, 5.41) is 16.4. The van der Waals surface area contributed by atoms with Crippen molar-refractivity contribution in [2.24, 2.45) is 5.73 Å². The molecule has 0 aliphatic heterocycles. The SMILES string of the molecule is NC[C@H](O)c1cc(-c2ccccc2)n[nH]1. The van der Waals surface area contributed by atoms with Crippen molar-refractivity contribution in [1.29, 1.82) is 0 Å². The van der Waals surface area contributed by atoms with Crippen molar-refractivity contribution >= 4 is 0 Å². The zero-order valence-electron chi connectivity index (χ0n) is 8.22. The van der Waals surface area contributed by atoms with Gasteiger partial charge in [0.1, 0.15) is 6.10 Å². The molecule has 0 fully saturated rings. The Hall–Kier alpha value is -1.65. The summed E-state index contributed by atoms with van der Waals surface area (Å²) in [4.78, 5) is 0. The van der Waals surface area contributed by atoms with Crippen LogP contribution in [0.5, 0.6) is 0 Å². The average Bonchev–Trinajstić information content (AvgIpc) is 2.78. The van der Waals surface area contributed by atoms with E-state index in [-0.39, 0.29) is 6.54 Å². The molecule has 2 aromatic rings. The highest BCUT2D eigenvalue weighted by Crippen LogP contribution is 2.19. The minimum atomic E-state index is -0.671. The van der Waals surface area contributed by atoms with Crippen molar-refractivity contribution in [3.05, 3.63) is 42.1 Å². The molecule has 0 amide bonds. The monoisotopic (exact) mass is 203 g/mol. The molecular formula is C11H13N3O. The first-order chi connectivity index (χ1) is 7.31. The fourth-order valence-corrected chi connectivity index (χ4v) is 1.39. The molecule has 0 saturated carbocycles. The summed E-state index contributed by atoms with van der Waals surface area (Å²) in [5.74, 6) is 0. The molecule has 1 aromatic heterocycles. The molecule has 4 nitrogen and oxygen atoms in total. The van der Waals surface area contributed by atoms with Crippen LogP contribution in [0.3, 0.4) is 0 Å². The first-order valence-corrected chi connectivity index (χ1v) is 4.80. The van der Waals surface area contributed by atoms with Crippen molar-refractivity contribution in [3.8, 4) is 11.3 Å². The summed E-state index contributed by atoms with van der Waals surface area (Å²) in [6.07, 6.45) is -0.671. The number of nitrogens with zero attached hydrogens (tertiary/aromatic N) is 1. The standard InChI is InChI=1S/C11H13N3O/c12-7-11(15)10-6-9(13-14-10)8-4-2-1-3-5-8/h1-6,11,15H,7,12H2,(H,13,14)/t11-/m0/s1. The number of hydrogen-bond acceptors (Lipinski definition) is 3. The molecular weight excluding hydrogens is 190 g/mol. The van der Waals surface area contributed by atoms with E-state index in [0.717, 1.165) is 11.3 Å². The molecule has 0 saturated heterocycles. The Morgan fingerprint density at radius 3 is 2.73 bits per heavy atom. The van der Waals surface area contributed by atoms with Crippen molar-refractivity contribution in [2.75, 3.05) is 6.54 Å². The van der Waals surface area contributed by atoms with Gasteiger partial charge in [0, 0.05) is 12.1 Å². The number of aliphatic hydroxyl groups is 1. The van der Waals surface area contributed by atoms with Crippen molar-refractivity contribution in [1.82, 2.24) is 10.2 Å². The zero-order chi connectivity index (χ0) is 10.7. The molecule has 0 aliphatic rings. The van der Waals surface area contributed by atoms with Gasteiger partial charge in [-0.2, -0.15) is 5.10 Å². The van der Waals surface area contributed by atoms with Crippen LogP contribution in [0.4, 0.5) is 0 Å². The van der Waals surface area contributed by atoms with Crippen LogP contribution in [0.25, 0.3) is 11.3 Å². The predicted octanol–water partition coefficient (Wildman–Crippen LogP) is 1.07. The highest BCUT2D eigenvalue weighted by Gasteiger charge is 2.09. The van der Waals surface area contributed by atoms with Crippen LogP contribution in [0, 0.1) is 0 Å². The van der Waals surface area contributed by atoms with E-state index in [2.05, 4.69) is 10.2 Å². The maximum Gasteiger partial charge on any atom is 0.108 e.